The molecule has 0 aromatic heterocycles. The molecule has 0 saturated heterocycles. The summed E-state index contributed by atoms with van der Waals surface area (Å²) in [6.45, 7) is 8.02. The Balaban J connectivity index is 2.92. The van der Waals surface area contributed by atoms with E-state index in [4.69, 9.17) is 0 Å². The highest BCUT2D eigenvalue weighted by Crippen LogP contribution is 2.12. The molecule has 5 heteroatoms. The second kappa shape index (κ2) is 8.40. The van der Waals surface area contributed by atoms with E-state index in [1.165, 1.54) is 12.1 Å². The van der Waals surface area contributed by atoms with Gasteiger partial charge in [0.2, 0.25) is 0 Å². The van der Waals surface area contributed by atoms with Gasteiger partial charge in [-0.1, -0.05) is 26.3 Å². The fourth-order valence-electron chi connectivity index (χ4n) is 2.24. The van der Waals surface area contributed by atoms with Gasteiger partial charge < -0.3 is 10.0 Å². The molecule has 1 rings (SSSR count). The van der Waals surface area contributed by atoms with Crippen LogP contribution in [0.4, 0.5) is 4.39 Å². The predicted molar refractivity (Wildman–Crippen MR) is 81.3 cm³/mol. The molecule has 0 radical (unpaired) electrons. The van der Waals surface area contributed by atoms with Crippen LogP contribution in [0.5, 0.6) is 0 Å². The molecular formula is C15H25BFNO2. The van der Waals surface area contributed by atoms with Gasteiger partial charge in [0.25, 0.3) is 0 Å². The van der Waals surface area contributed by atoms with Crippen LogP contribution in [-0.2, 0) is 6.54 Å². The molecule has 1 aromatic carbocycles. The quantitative estimate of drug-likeness (QED) is 0.715. The van der Waals surface area contributed by atoms with E-state index in [1.807, 2.05) is 0 Å². The predicted octanol–water partition coefficient (Wildman–Crippen LogP) is 1.91. The van der Waals surface area contributed by atoms with Gasteiger partial charge in [-0.2, -0.15) is 0 Å². The van der Waals surface area contributed by atoms with Gasteiger partial charge in [0.15, 0.2) is 0 Å². The number of rotatable bonds is 8. The first kappa shape index (κ1) is 17.1. The van der Waals surface area contributed by atoms with Crippen LogP contribution in [0.2, 0.25) is 0 Å². The Hall–Kier alpha value is -0.905. The maximum absolute atomic E-state index is 13.2. The molecule has 112 valence electrons. The highest BCUT2D eigenvalue weighted by molar-refractivity contribution is 6.59. The SMILES string of the molecule is CCCCN(Cc1ccc(F)cc1B(O)O)C(C)CC. The van der Waals surface area contributed by atoms with E-state index < -0.39 is 12.9 Å². The van der Waals surface area contributed by atoms with E-state index in [2.05, 4.69) is 25.7 Å². The lowest BCUT2D eigenvalue weighted by Crippen LogP contribution is -2.39. The summed E-state index contributed by atoms with van der Waals surface area (Å²) in [5, 5.41) is 18.8. The number of benzene rings is 1. The Kier molecular flexibility index (Phi) is 7.20. The fourth-order valence-corrected chi connectivity index (χ4v) is 2.24. The van der Waals surface area contributed by atoms with Crippen molar-refractivity contribution in [2.24, 2.45) is 0 Å². The molecule has 1 aromatic rings. The molecule has 0 saturated carbocycles. The van der Waals surface area contributed by atoms with Crippen LogP contribution in [-0.4, -0.2) is 34.7 Å². The zero-order valence-corrected chi connectivity index (χ0v) is 12.6. The van der Waals surface area contributed by atoms with Crippen LogP contribution >= 0.6 is 0 Å². The largest absolute Gasteiger partial charge is 0.488 e. The molecule has 0 spiro atoms. The van der Waals surface area contributed by atoms with Gasteiger partial charge in [0.05, 0.1) is 0 Å². The fraction of sp³-hybridized carbons (Fsp3) is 0.600. The Labute approximate surface area is 121 Å². The second-order valence-corrected chi connectivity index (χ2v) is 5.30. The van der Waals surface area contributed by atoms with Gasteiger partial charge in [-0.05, 0) is 49.5 Å². The van der Waals surface area contributed by atoms with E-state index in [-0.39, 0.29) is 5.46 Å². The minimum atomic E-state index is -1.63. The lowest BCUT2D eigenvalue weighted by atomic mass is 9.76. The van der Waals surface area contributed by atoms with E-state index in [0.717, 1.165) is 31.4 Å². The van der Waals surface area contributed by atoms with Crippen LogP contribution in [0.1, 0.15) is 45.6 Å². The molecule has 0 bridgehead atoms. The molecule has 0 aliphatic rings. The first-order valence-electron chi connectivity index (χ1n) is 7.38. The topological polar surface area (TPSA) is 43.7 Å². The molecule has 0 aliphatic heterocycles. The first-order valence-corrected chi connectivity index (χ1v) is 7.38. The van der Waals surface area contributed by atoms with Crippen LogP contribution < -0.4 is 5.46 Å². The van der Waals surface area contributed by atoms with Crippen molar-refractivity contribution < 1.29 is 14.4 Å². The molecule has 3 nitrogen and oxygen atoms in total. The molecule has 0 aliphatic carbocycles. The van der Waals surface area contributed by atoms with Crippen molar-refractivity contribution in [3.8, 4) is 0 Å². The highest BCUT2D eigenvalue weighted by Gasteiger charge is 2.20. The van der Waals surface area contributed by atoms with Crippen molar-refractivity contribution in [1.82, 2.24) is 4.90 Å². The number of unbranched alkanes of at least 4 members (excludes halogenated alkanes) is 1. The molecule has 0 fully saturated rings. The Morgan fingerprint density at radius 3 is 2.55 bits per heavy atom. The van der Waals surface area contributed by atoms with Gasteiger partial charge in [0, 0.05) is 12.6 Å². The molecular weight excluding hydrogens is 256 g/mol. The smallest absolute Gasteiger partial charge is 0.423 e. The third kappa shape index (κ3) is 4.89. The lowest BCUT2D eigenvalue weighted by molar-refractivity contribution is 0.192. The number of nitrogens with zero attached hydrogens (tertiary/aromatic N) is 1. The minimum Gasteiger partial charge on any atom is -0.423 e. The van der Waals surface area contributed by atoms with Gasteiger partial charge in [0.1, 0.15) is 5.82 Å². The van der Waals surface area contributed by atoms with Crippen molar-refractivity contribution in [3.05, 3.63) is 29.6 Å². The van der Waals surface area contributed by atoms with Crippen LogP contribution in [0.15, 0.2) is 18.2 Å². The standard InChI is InChI=1S/C15H25BFNO2/c1-4-6-9-18(12(3)5-2)11-13-7-8-14(17)10-15(13)16(19)20/h7-8,10,12,19-20H,4-6,9,11H2,1-3H3. The summed E-state index contributed by atoms with van der Waals surface area (Å²) in [7, 11) is -1.63. The molecule has 20 heavy (non-hydrogen) atoms. The van der Waals surface area contributed by atoms with Gasteiger partial charge >= 0.3 is 7.12 Å². The maximum atomic E-state index is 13.2. The third-order valence-corrected chi connectivity index (χ3v) is 3.77. The van der Waals surface area contributed by atoms with E-state index >= 15 is 0 Å². The summed E-state index contributed by atoms with van der Waals surface area (Å²) in [5.74, 6) is -0.444. The van der Waals surface area contributed by atoms with Crippen molar-refractivity contribution >= 4 is 12.6 Å². The van der Waals surface area contributed by atoms with E-state index in [0.29, 0.717) is 12.6 Å². The molecule has 0 heterocycles. The van der Waals surface area contributed by atoms with Crippen molar-refractivity contribution in [3.63, 3.8) is 0 Å². The van der Waals surface area contributed by atoms with Crippen molar-refractivity contribution in [2.45, 2.75) is 52.6 Å². The summed E-state index contributed by atoms with van der Waals surface area (Å²) >= 11 is 0. The second-order valence-electron chi connectivity index (χ2n) is 5.30. The molecule has 0 amide bonds. The third-order valence-electron chi connectivity index (χ3n) is 3.77. The van der Waals surface area contributed by atoms with Gasteiger partial charge in [-0.3, -0.25) is 4.90 Å². The van der Waals surface area contributed by atoms with E-state index in [9.17, 15) is 14.4 Å². The van der Waals surface area contributed by atoms with E-state index in [1.54, 1.807) is 6.07 Å². The Morgan fingerprint density at radius 2 is 2.00 bits per heavy atom. The zero-order chi connectivity index (χ0) is 15.1. The van der Waals surface area contributed by atoms with Crippen LogP contribution in [0, 0.1) is 5.82 Å². The zero-order valence-electron chi connectivity index (χ0n) is 12.6. The summed E-state index contributed by atoms with van der Waals surface area (Å²) < 4.78 is 13.2. The summed E-state index contributed by atoms with van der Waals surface area (Å²) in [4.78, 5) is 2.31. The van der Waals surface area contributed by atoms with Crippen molar-refractivity contribution in [1.29, 1.82) is 0 Å². The van der Waals surface area contributed by atoms with Gasteiger partial charge in [-0.25, -0.2) is 4.39 Å². The molecule has 1 unspecified atom stereocenters. The molecule has 1 atom stereocenters. The number of hydrogen-bond donors (Lipinski definition) is 2. The van der Waals surface area contributed by atoms with Crippen LogP contribution in [0.25, 0.3) is 0 Å². The highest BCUT2D eigenvalue weighted by atomic mass is 19.1. The molecule has 2 N–H and O–H groups in total. The average molecular weight is 281 g/mol. The Bertz CT molecular complexity index is 415. The summed E-state index contributed by atoms with van der Waals surface area (Å²) in [6, 6.07) is 4.63. The van der Waals surface area contributed by atoms with Gasteiger partial charge in [-0.15, -0.1) is 0 Å². The first-order chi connectivity index (χ1) is 9.49. The minimum absolute atomic E-state index is 0.259. The lowest BCUT2D eigenvalue weighted by Gasteiger charge is -2.29. The normalized spacial score (nSPS) is 12.8. The monoisotopic (exact) mass is 281 g/mol. The summed E-state index contributed by atoms with van der Waals surface area (Å²) in [6.07, 6.45) is 3.25. The van der Waals surface area contributed by atoms with Crippen molar-refractivity contribution in [2.75, 3.05) is 6.54 Å². The summed E-state index contributed by atoms with van der Waals surface area (Å²) in [5.41, 5.74) is 1.03. The average Bonchev–Trinajstić information content (AvgIpc) is 2.43. The maximum Gasteiger partial charge on any atom is 0.488 e. The number of halogens is 1. The van der Waals surface area contributed by atoms with Crippen LogP contribution in [0.3, 0.4) is 0 Å². The Morgan fingerprint density at radius 1 is 1.30 bits per heavy atom. The number of hydrogen-bond acceptors (Lipinski definition) is 3.